The number of aryl methyl sites for hydroxylation is 1. The Kier molecular flexibility index (Phi) is 10.4. The molecule has 344 valence electrons. The summed E-state index contributed by atoms with van der Waals surface area (Å²) in [4.78, 5) is 42.2. The Bertz CT molecular complexity index is 2600. The molecule has 11 rings (SSSR count). The summed E-state index contributed by atoms with van der Waals surface area (Å²) < 4.78 is 53.5. The van der Waals surface area contributed by atoms with Crippen molar-refractivity contribution in [2.75, 3.05) is 79.5 Å². The Morgan fingerprint density at radius 3 is 2.49 bits per heavy atom. The van der Waals surface area contributed by atoms with Crippen molar-refractivity contribution in [3.8, 4) is 0 Å². The van der Waals surface area contributed by atoms with Gasteiger partial charge >= 0.3 is 5.92 Å². The molecule has 1 spiro atoms. The van der Waals surface area contributed by atoms with E-state index in [1.807, 2.05) is 24.3 Å². The number of aliphatic hydroxyl groups is 1. The molecule has 2 aromatic carbocycles. The van der Waals surface area contributed by atoms with Crippen LogP contribution in [0.25, 0.3) is 16.6 Å². The van der Waals surface area contributed by atoms with E-state index in [9.17, 15) is 14.7 Å². The molecule has 2 aromatic heterocycles. The highest BCUT2D eigenvalue weighted by Gasteiger charge is 2.53. The third-order valence-electron chi connectivity index (χ3n) is 15.0. The first kappa shape index (κ1) is 42.3. The summed E-state index contributed by atoms with van der Waals surface area (Å²) in [7, 11) is 3.51. The smallest absolute Gasteiger partial charge is 0.301 e. The molecule has 2 amide bonds. The van der Waals surface area contributed by atoms with Crippen LogP contribution >= 0.6 is 11.6 Å². The highest BCUT2D eigenvalue weighted by molar-refractivity contribution is 6.33. The lowest BCUT2D eigenvalue weighted by molar-refractivity contribution is -0.134. The summed E-state index contributed by atoms with van der Waals surface area (Å²) in [5.41, 5.74) is 4.36. The quantitative estimate of drug-likeness (QED) is 0.160. The van der Waals surface area contributed by atoms with Crippen LogP contribution in [-0.4, -0.2) is 119 Å². The van der Waals surface area contributed by atoms with E-state index in [2.05, 4.69) is 40.7 Å². The molecule has 3 saturated heterocycles. The van der Waals surface area contributed by atoms with Crippen LogP contribution in [0.15, 0.2) is 42.3 Å². The summed E-state index contributed by atoms with van der Waals surface area (Å²) in [6.07, 6.45) is 6.97. The van der Waals surface area contributed by atoms with E-state index >= 15 is 13.2 Å². The van der Waals surface area contributed by atoms with Gasteiger partial charge in [0.1, 0.15) is 10.8 Å². The Hall–Kier alpha value is -5.33. The maximum absolute atomic E-state index is 15.7. The molecule has 7 heterocycles. The number of piperidine rings is 1. The van der Waals surface area contributed by atoms with Crippen LogP contribution in [0.2, 0.25) is 5.02 Å². The Morgan fingerprint density at radius 1 is 0.985 bits per heavy atom. The second kappa shape index (κ2) is 15.9. The van der Waals surface area contributed by atoms with Gasteiger partial charge in [-0.3, -0.25) is 24.5 Å². The van der Waals surface area contributed by atoms with Gasteiger partial charge in [0.25, 0.3) is 0 Å². The maximum Gasteiger partial charge on any atom is 0.301 e. The fraction of sp³-hybridized carbons (Fsp3) is 0.543. The zero-order valence-corrected chi connectivity index (χ0v) is 37.2. The number of imide groups is 1. The zero-order valence-electron chi connectivity index (χ0n) is 36.4. The minimum absolute atomic E-state index is 0.0847. The lowest BCUT2D eigenvalue weighted by atomic mass is 9.66. The van der Waals surface area contributed by atoms with Gasteiger partial charge in [0.05, 0.1) is 40.8 Å². The van der Waals surface area contributed by atoms with Crippen molar-refractivity contribution in [1.82, 2.24) is 35.3 Å². The van der Waals surface area contributed by atoms with Crippen LogP contribution in [0.5, 0.6) is 0 Å². The first-order valence-electron chi connectivity index (χ1n) is 22.8. The summed E-state index contributed by atoms with van der Waals surface area (Å²) in [5.74, 6) is -3.13. The van der Waals surface area contributed by atoms with Crippen LogP contribution in [0, 0.1) is 23.1 Å². The molecule has 65 heavy (non-hydrogen) atoms. The van der Waals surface area contributed by atoms with Crippen molar-refractivity contribution in [2.24, 2.45) is 24.3 Å². The highest BCUT2D eigenvalue weighted by Crippen LogP contribution is 2.48. The Morgan fingerprint density at radius 2 is 1.75 bits per heavy atom. The molecule has 19 heteroatoms. The molecule has 5 fully saturated rings. The molecular formula is C46H53ClF3N11O4. The number of anilines is 5. The highest BCUT2D eigenvalue weighted by atomic mass is 35.5. The van der Waals surface area contributed by atoms with Crippen molar-refractivity contribution >= 4 is 68.8 Å². The van der Waals surface area contributed by atoms with E-state index in [1.165, 1.54) is 6.07 Å². The number of piperazine rings is 1. The van der Waals surface area contributed by atoms with Crippen LogP contribution < -0.4 is 30.7 Å². The van der Waals surface area contributed by atoms with Crippen LogP contribution in [0.1, 0.15) is 68.5 Å². The van der Waals surface area contributed by atoms with Crippen molar-refractivity contribution < 1.29 is 32.6 Å². The summed E-state index contributed by atoms with van der Waals surface area (Å²) in [6, 6.07) is 7.78. The Balaban J connectivity index is 0.689. The lowest BCUT2D eigenvalue weighted by Gasteiger charge is -2.54. The number of aliphatic hydroxyl groups excluding tert-OH is 1. The minimum Gasteiger partial charge on any atom is -0.485 e. The maximum atomic E-state index is 15.7. The first-order valence-corrected chi connectivity index (χ1v) is 23.2. The zero-order chi connectivity index (χ0) is 44.9. The molecule has 0 radical (unpaired) electrons. The molecule has 2 saturated carbocycles. The van der Waals surface area contributed by atoms with E-state index < -0.39 is 30.7 Å². The van der Waals surface area contributed by atoms with Gasteiger partial charge in [-0.15, -0.1) is 0 Å². The molecule has 4 aromatic rings. The van der Waals surface area contributed by atoms with E-state index in [0.29, 0.717) is 81.6 Å². The van der Waals surface area contributed by atoms with Gasteiger partial charge in [-0.1, -0.05) is 11.6 Å². The van der Waals surface area contributed by atoms with Gasteiger partial charge in [-0.2, -0.15) is 10.1 Å². The van der Waals surface area contributed by atoms with E-state index in [4.69, 9.17) is 21.3 Å². The molecule has 2 aliphatic carbocycles. The Labute approximate surface area is 379 Å². The van der Waals surface area contributed by atoms with Crippen LogP contribution in [0.3, 0.4) is 0 Å². The van der Waals surface area contributed by atoms with Gasteiger partial charge in [0.15, 0.2) is 24.4 Å². The summed E-state index contributed by atoms with van der Waals surface area (Å²) in [5, 5.41) is 25.4. The number of rotatable bonds is 8. The second-order valence-corrected chi connectivity index (χ2v) is 19.8. The van der Waals surface area contributed by atoms with Gasteiger partial charge in [-0.25, -0.2) is 18.2 Å². The normalized spacial score (nSPS) is 25.7. The van der Waals surface area contributed by atoms with Gasteiger partial charge in [0.2, 0.25) is 17.8 Å². The number of hydrogen-bond donors (Lipinski definition) is 4. The molecule has 7 aliphatic rings. The first-order chi connectivity index (χ1) is 31.2. The fourth-order valence-electron chi connectivity index (χ4n) is 11.1. The number of alkyl halides is 2. The van der Waals surface area contributed by atoms with Crippen molar-refractivity contribution in [3.05, 3.63) is 64.4 Å². The van der Waals surface area contributed by atoms with Gasteiger partial charge in [-0.05, 0) is 87.1 Å². The van der Waals surface area contributed by atoms with Crippen molar-refractivity contribution in [3.63, 3.8) is 0 Å². The fourth-order valence-corrected chi connectivity index (χ4v) is 11.3. The second-order valence-electron chi connectivity index (χ2n) is 19.4. The molecule has 2 unspecified atom stereocenters. The number of nitrogens with zero attached hydrogens (tertiary/aromatic N) is 8. The molecule has 0 bridgehead atoms. The number of aromatic nitrogens is 4. The summed E-state index contributed by atoms with van der Waals surface area (Å²) >= 11 is 6.65. The van der Waals surface area contributed by atoms with Gasteiger partial charge < -0.3 is 35.2 Å². The van der Waals surface area contributed by atoms with Gasteiger partial charge in [0, 0.05) is 94.1 Å². The SMILES string of the molecule is CN1c2ccc(Nc3nc(N4CC5(CCC(CN6CCN(c7cc8c(cc7F)c(C7CCC(=O)NC7=O)nn8C)CC6)CC5)C4)ncc3Cl)cc2C2=C(OCC(F)(F)[C@H](C3CC3)N2)C1O. The van der Waals surface area contributed by atoms with E-state index in [-0.39, 0.29) is 41.1 Å². The standard InChI is InChI=1S/C46H53ClF3N11O4/c1-57-33-7-5-27(17-29(33)38-39(43(57)64)65-24-46(49,50)40(54-38)26-3-4-26)52-41-31(47)20-51-44(55-41)61-22-45(23-61)11-9-25(10-12-45)21-59-13-15-60(16-14-59)35-19-34-30(18-32(35)48)37(56-58(34)2)28-6-8-36(62)53-42(28)63/h5,7,17-20,25-26,28,40,43,54,64H,3-4,6,8-16,21-24H2,1-2H3,(H,51,52,55)(H,53,62,63)/t28?,40-,43?/m0/s1. The number of halogens is 4. The number of benzene rings is 2. The van der Waals surface area contributed by atoms with Crippen LogP contribution in [0.4, 0.5) is 42.0 Å². The minimum atomic E-state index is -3.09. The third-order valence-corrected chi connectivity index (χ3v) is 15.3. The number of hydrogen-bond acceptors (Lipinski definition) is 13. The number of nitrogens with one attached hydrogen (secondary N) is 3. The lowest BCUT2D eigenvalue weighted by Crippen LogP contribution is -2.58. The predicted octanol–water partition coefficient (Wildman–Crippen LogP) is 5.71. The number of fused-ring (bicyclic) bond motifs is 3. The average molecular weight is 916 g/mol. The molecule has 4 N–H and O–H groups in total. The van der Waals surface area contributed by atoms with E-state index in [0.717, 1.165) is 76.8 Å². The monoisotopic (exact) mass is 915 g/mol. The molecule has 15 nitrogen and oxygen atoms in total. The van der Waals surface area contributed by atoms with Crippen molar-refractivity contribution in [2.45, 2.75) is 75.5 Å². The number of carbonyl (C=O) groups is 2. The molecular weight excluding hydrogens is 863 g/mol. The number of carbonyl (C=O) groups excluding carboxylic acids is 2. The van der Waals surface area contributed by atoms with Crippen molar-refractivity contribution in [1.29, 1.82) is 0 Å². The summed E-state index contributed by atoms with van der Waals surface area (Å²) in [6.45, 7) is 5.08. The molecule has 5 aliphatic heterocycles. The third kappa shape index (κ3) is 7.68. The van der Waals surface area contributed by atoms with Crippen LogP contribution in [-0.2, 0) is 21.4 Å². The number of ether oxygens (including phenoxy) is 1. The van der Waals surface area contributed by atoms with E-state index in [1.54, 1.807) is 29.9 Å². The number of amides is 2. The molecule has 3 atom stereocenters. The average Bonchev–Trinajstić information content (AvgIpc) is 4.08. The predicted molar refractivity (Wildman–Crippen MR) is 240 cm³/mol. The topological polar surface area (TPSA) is 156 Å². The largest absolute Gasteiger partial charge is 0.485 e. The number of likely N-dealkylation sites (N-methyl/N-ethyl adjacent to an activating group) is 1.